The first-order chi connectivity index (χ1) is 6.04. The summed E-state index contributed by atoms with van der Waals surface area (Å²) in [7, 11) is 0. The van der Waals surface area contributed by atoms with Gasteiger partial charge in [0.1, 0.15) is 11.9 Å². The topological polar surface area (TPSA) is 63.3 Å². The molecule has 1 atom stereocenters. The molecule has 1 aromatic rings. The molecule has 13 heavy (non-hydrogen) atoms. The number of aryl methyl sites for hydroxylation is 1. The average molecular weight is 183 g/mol. The van der Waals surface area contributed by atoms with Crippen molar-refractivity contribution >= 4 is 5.97 Å². The molecule has 0 bridgehead atoms. The summed E-state index contributed by atoms with van der Waals surface area (Å²) in [4.78, 5) is 10.5. The van der Waals surface area contributed by atoms with E-state index in [-0.39, 0.29) is 5.56 Å². The van der Waals surface area contributed by atoms with Crippen LogP contribution in [0.5, 0.6) is 0 Å². The largest absolute Gasteiger partial charge is 0.480 e. The van der Waals surface area contributed by atoms with Crippen molar-refractivity contribution < 1.29 is 14.3 Å². The van der Waals surface area contributed by atoms with Crippen molar-refractivity contribution in [3.63, 3.8) is 0 Å². The number of carbonyl (C=O) groups is 1. The molecule has 3 nitrogen and oxygen atoms in total. The van der Waals surface area contributed by atoms with E-state index < -0.39 is 17.8 Å². The molecule has 0 saturated heterocycles. The van der Waals surface area contributed by atoms with E-state index in [0.717, 1.165) is 0 Å². The second kappa shape index (κ2) is 3.53. The van der Waals surface area contributed by atoms with Gasteiger partial charge in [0, 0.05) is 5.56 Å². The predicted octanol–water partition coefficient (Wildman–Crippen LogP) is 1.22. The van der Waals surface area contributed by atoms with Gasteiger partial charge < -0.3 is 10.8 Å². The number of carboxylic acid groups (broad SMARTS) is 1. The lowest BCUT2D eigenvalue weighted by atomic mass is 10.0. The minimum atomic E-state index is -1.29. The van der Waals surface area contributed by atoms with E-state index in [1.165, 1.54) is 6.07 Å². The van der Waals surface area contributed by atoms with E-state index in [4.69, 9.17) is 10.8 Å². The van der Waals surface area contributed by atoms with Gasteiger partial charge in [-0.3, -0.25) is 4.79 Å². The zero-order valence-corrected chi connectivity index (χ0v) is 7.12. The van der Waals surface area contributed by atoms with Crippen LogP contribution in [0.2, 0.25) is 0 Å². The predicted molar refractivity (Wildman–Crippen MR) is 45.7 cm³/mol. The lowest BCUT2D eigenvalue weighted by Crippen LogP contribution is -2.22. The monoisotopic (exact) mass is 183 g/mol. The molecule has 0 amide bonds. The molecule has 0 aliphatic carbocycles. The third-order valence-corrected chi connectivity index (χ3v) is 1.82. The fraction of sp³-hybridized carbons (Fsp3) is 0.222. The van der Waals surface area contributed by atoms with Crippen LogP contribution in [0.4, 0.5) is 4.39 Å². The minimum absolute atomic E-state index is 0.0208. The van der Waals surface area contributed by atoms with Gasteiger partial charge in [-0.05, 0) is 12.5 Å². The summed E-state index contributed by atoms with van der Waals surface area (Å²) in [5.74, 6) is -1.78. The van der Waals surface area contributed by atoms with Gasteiger partial charge in [0.25, 0.3) is 0 Å². The molecule has 0 spiro atoms. The maximum atomic E-state index is 13.3. The number of aliphatic carboxylic acids is 1. The van der Waals surface area contributed by atoms with Gasteiger partial charge >= 0.3 is 5.97 Å². The first-order valence-electron chi connectivity index (χ1n) is 3.77. The molecule has 0 aliphatic heterocycles. The lowest BCUT2D eigenvalue weighted by molar-refractivity contribution is -0.138. The van der Waals surface area contributed by atoms with Gasteiger partial charge in [0.15, 0.2) is 0 Å². The van der Waals surface area contributed by atoms with E-state index in [1.807, 2.05) is 0 Å². The molecule has 0 saturated carbocycles. The summed E-state index contributed by atoms with van der Waals surface area (Å²) in [6.07, 6.45) is 0. The third-order valence-electron chi connectivity index (χ3n) is 1.82. The summed E-state index contributed by atoms with van der Waals surface area (Å²) >= 11 is 0. The molecule has 0 radical (unpaired) electrons. The lowest BCUT2D eigenvalue weighted by Gasteiger charge is -2.08. The Morgan fingerprint density at radius 1 is 1.62 bits per heavy atom. The van der Waals surface area contributed by atoms with E-state index >= 15 is 0 Å². The van der Waals surface area contributed by atoms with Gasteiger partial charge in [-0.25, -0.2) is 4.39 Å². The molecule has 70 valence electrons. The van der Waals surface area contributed by atoms with E-state index in [1.54, 1.807) is 19.1 Å². The van der Waals surface area contributed by atoms with Gasteiger partial charge in [0.2, 0.25) is 0 Å². The Morgan fingerprint density at radius 3 is 2.77 bits per heavy atom. The van der Waals surface area contributed by atoms with Crippen LogP contribution in [0.25, 0.3) is 0 Å². The second-order valence-electron chi connectivity index (χ2n) is 2.79. The molecule has 3 N–H and O–H groups in total. The van der Waals surface area contributed by atoms with E-state index in [9.17, 15) is 9.18 Å². The molecular formula is C9H10FNO2. The quantitative estimate of drug-likeness (QED) is 0.724. The third kappa shape index (κ3) is 1.84. The number of hydrogen-bond acceptors (Lipinski definition) is 2. The van der Waals surface area contributed by atoms with E-state index in [0.29, 0.717) is 5.56 Å². The number of halogens is 1. The highest BCUT2D eigenvalue weighted by atomic mass is 19.1. The molecule has 0 fully saturated rings. The summed E-state index contributed by atoms with van der Waals surface area (Å²) in [6.45, 7) is 1.56. The fourth-order valence-electron chi connectivity index (χ4n) is 1.04. The van der Waals surface area contributed by atoms with Crippen molar-refractivity contribution in [2.75, 3.05) is 0 Å². The van der Waals surface area contributed by atoms with Crippen molar-refractivity contribution in [1.82, 2.24) is 0 Å². The summed E-state index contributed by atoms with van der Waals surface area (Å²) in [5.41, 5.74) is 5.69. The van der Waals surface area contributed by atoms with Gasteiger partial charge in [-0.1, -0.05) is 18.2 Å². The molecule has 0 heterocycles. The summed E-state index contributed by atoms with van der Waals surface area (Å²) in [6, 6.07) is 3.23. The minimum Gasteiger partial charge on any atom is -0.480 e. The van der Waals surface area contributed by atoms with Crippen molar-refractivity contribution in [3.05, 3.63) is 35.1 Å². The molecule has 1 aromatic carbocycles. The highest BCUT2D eigenvalue weighted by Crippen LogP contribution is 2.17. The Balaban J connectivity index is 3.15. The Labute approximate surface area is 75.0 Å². The number of hydrogen-bond donors (Lipinski definition) is 2. The van der Waals surface area contributed by atoms with Crippen molar-refractivity contribution in [2.24, 2.45) is 5.73 Å². The van der Waals surface area contributed by atoms with Crippen molar-refractivity contribution in [2.45, 2.75) is 13.0 Å². The number of nitrogens with two attached hydrogens (primary N) is 1. The Hall–Kier alpha value is -1.42. The molecule has 0 aliphatic rings. The van der Waals surface area contributed by atoms with Crippen LogP contribution in [0.1, 0.15) is 17.2 Å². The Morgan fingerprint density at radius 2 is 2.23 bits per heavy atom. The second-order valence-corrected chi connectivity index (χ2v) is 2.79. The fourth-order valence-corrected chi connectivity index (χ4v) is 1.04. The zero-order chi connectivity index (χ0) is 10.0. The molecule has 1 rings (SSSR count). The van der Waals surface area contributed by atoms with Crippen LogP contribution >= 0.6 is 0 Å². The van der Waals surface area contributed by atoms with Gasteiger partial charge in [-0.2, -0.15) is 0 Å². The van der Waals surface area contributed by atoms with Crippen LogP contribution in [0.3, 0.4) is 0 Å². The van der Waals surface area contributed by atoms with Crippen LogP contribution in [-0.4, -0.2) is 11.1 Å². The van der Waals surface area contributed by atoms with Gasteiger partial charge in [-0.15, -0.1) is 0 Å². The van der Waals surface area contributed by atoms with Crippen molar-refractivity contribution in [1.29, 1.82) is 0 Å². The molecule has 0 aromatic heterocycles. The summed E-state index contributed by atoms with van der Waals surface area (Å²) in [5, 5.41) is 8.56. The van der Waals surface area contributed by atoms with Crippen LogP contribution in [-0.2, 0) is 4.79 Å². The highest BCUT2D eigenvalue weighted by molar-refractivity contribution is 5.75. The SMILES string of the molecule is Cc1cccc([C@H](N)C(=O)O)c1F. The smallest absolute Gasteiger partial charge is 0.325 e. The van der Waals surface area contributed by atoms with Crippen LogP contribution < -0.4 is 5.73 Å². The highest BCUT2D eigenvalue weighted by Gasteiger charge is 2.18. The molecular weight excluding hydrogens is 173 g/mol. The zero-order valence-electron chi connectivity index (χ0n) is 7.12. The normalized spacial score (nSPS) is 12.5. The maximum absolute atomic E-state index is 13.3. The first kappa shape index (κ1) is 9.67. The van der Waals surface area contributed by atoms with E-state index in [2.05, 4.69) is 0 Å². The number of carboxylic acids is 1. The number of benzene rings is 1. The Kier molecular flexibility index (Phi) is 2.63. The molecule has 0 unspecified atom stereocenters. The average Bonchev–Trinajstić information content (AvgIpc) is 2.08. The van der Waals surface area contributed by atoms with Crippen LogP contribution in [0.15, 0.2) is 18.2 Å². The van der Waals surface area contributed by atoms with Gasteiger partial charge in [0.05, 0.1) is 0 Å². The van der Waals surface area contributed by atoms with Crippen molar-refractivity contribution in [3.8, 4) is 0 Å². The first-order valence-corrected chi connectivity index (χ1v) is 3.77. The summed E-state index contributed by atoms with van der Waals surface area (Å²) < 4.78 is 13.3. The maximum Gasteiger partial charge on any atom is 0.325 e. The van der Waals surface area contributed by atoms with Crippen LogP contribution in [0, 0.1) is 12.7 Å². The Bertz CT molecular complexity index is 338. The standard InChI is InChI=1S/C9H10FNO2/c1-5-3-2-4-6(7(5)10)8(11)9(12)13/h2-4,8H,11H2,1H3,(H,12,13)/t8-/m0/s1. The molecule has 4 heteroatoms. The number of rotatable bonds is 2.